The van der Waals surface area contributed by atoms with Crippen LogP contribution in [0.25, 0.3) is 0 Å². The van der Waals surface area contributed by atoms with Gasteiger partial charge >= 0.3 is 0 Å². The van der Waals surface area contributed by atoms with Gasteiger partial charge < -0.3 is 19.7 Å². The number of nitrogens with zero attached hydrogens (tertiary/aromatic N) is 1. The summed E-state index contributed by atoms with van der Waals surface area (Å²) >= 11 is 0. The van der Waals surface area contributed by atoms with Crippen molar-refractivity contribution >= 4 is 11.8 Å². The van der Waals surface area contributed by atoms with Crippen LogP contribution in [0, 0.1) is 5.82 Å². The van der Waals surface area contributed by atoms with E-state index in [0.717, 1.165) is 5.56 Å². The summed E-state index contributed by atoms with van der Waals surface area (Å²) in [4.78, 5) is 28.3. The summed E-state index contributed by atoms with van der Waals surface area (Å²) < 4.78 is 24.3. The Balaban J connectivity index is 1.85. The van der Waals surface area contributed by atoms with Gasteiger partial charge in [-0.15, -0.1) is 0 Å². The highest BCUT2D eigenvalue weighted by Gasteiger charge is 2.30. The monoisotopic (exact) mass is 478 g/mol. The van der Waals surface area contributed by atoms with Gasteiger partial charge in [0, 0.05) is 33.2 Å². The number of benzene rings is 3. The summed E-state index contributed by atoms with van der Waals surface area (Å²) in [6.45, 7) is 0.859. The van der Waals surface area contributed by atoms with Gasteiger partial charge in [0.05, 0.1) is 0 Å². The Morgan fingerprint density at radius 3 is 2.23 bits per heavy atom. The molecule has 35 heavy (non-hydrogen) atoms. The number of ether oxygens (including phenoxy) is 2. The number of carbonyl (C=O) groups is 2. The van der Waals surface area contributed by atoms with Crippen molar-refractivity contribution in [1.29, 1.82) is 0 Å². The molecule has 2 amide bonds. The van der Waals surface area contributed by atoms with E-state index >= 15 is 0 Å². The van der Waals surface area contributed by atoms with Crippen molar-refractivity contribution in [2.75, 3.05) is 26.9 Å². The number of carbonyl (C=O) groups excluding carboxylic acids is 2. The number of methoxy groups -OCH3 is 1. The molecule has 0 aliphatic heterocycles. The average Bonchev–Trinajstić information content (AvgIpc) is 2.89. The van der Waals surface area contributed by atoms with Crippen molar-refractivity contribution in [2.45, 2.75) is 25.4 Å². The van der Waals surface area contributed by atoms with Crippen LogP contribution in [-0.2, 0) is 27.3 Å². The summed E-state index contributed by atoms with van der Waals surface area (Å²) in [5, 5.41) is 2.93. The molecule has 0 aromatic heterocycles. The first-order valence-electron chi connectivity index (χ1n) is 11.6. The zero-order chi connectivity index (χ0) is 24.9. The fraction of sp³-hybridized carbons (Fsp3) is 0.286. The van der Waals surface area contributed by atoms with E-state index in [9.17, 15) is 14.0 Å². The molecule has 0 bridgehead atoms. The molecule has 0 radical (unpaired) electrons. The second kappa shape index (κ2) is 13.9. The molecule has 0 fully saturated rings. The van der Waals surface area contributed by atoms with Crippen LogP contribution in [0.5, 0.6) is 5.75 Å². The SMILES string of the molecule is COCCCNC(=O)[C@@H](Cc1ccccc1)N(Cc1ccc(F)cc1)C(=O)COc1ccccc1. The number of amides is 2. The molecule has 1 atom stereocenters. The molecule has 3 aromatic rings. The molecule has 0 aliphatic carbocycles. The second-order valence-corrected chi connectivity index (χ2v) is 8.09. The van der Waals surface area contributed by atoms with Crippen molar-refractivity contribution in [2.24, 2.45) is 0 Å². The average molecular weight is 479 g/mol. The maximum Gasteiger partial charge on any atom is 0.261 e. The predicted octanol–water partition coefficient (Wildman–Crippen LogP) is 4.00. The van der Waals surface area contributed by atoms with Gasteiger partial charge in [0.1, 0.15) is 17.6 Å². The van der Waals surface area contributed by atoms with Crippen LogP contribution < -0.4 is 10.1 Å². The maximum atomic E-state index is 13.5. The third-order valence-electron chi connectivity index (χ3n) is 5.47. The standard InChI is InChI=1S/C28H31FN2O4/c1-34-18-8-17-30-28(33)26(19-22-9-4-2-5-10-22)31(20-23-13-15-24(29)16-14-23)27(32)21-35-25-11-6-3-7-12-25/h2-7,9-16,26H,8,17-21H2,1H3,(H,30,33)/t26-/m1/s1. The zero-order valence-electron chi connectivity index (χ0n) is 19.9. The summed E-state index contributed by atoms with van der Waals surface area (Å²) in [6, 6.07) is 23.7. The van der Waals surface area contributed by atoms with Crippen molar-refractivity contribution < 1.29 is 23.5 Å². The Morgan fingerprint density at radius 1 is 0.914 bits per heavy atom. The summed E-state index contributed by atoms with van der Waals surface area (Å²) in [5.74, 6) is -0.409. The maximum absolute atomic E-state index is 13.5. The number of nitrogens with one attached hydrogen (secondary N) is 1. The van der Waals surface area contributed by atoms with Crippen LogP contribution in [0.2, 0.25) is 0 Å². The number of rotatable bonds is 13. The van der Waals surface area contributed by atoms with E-state index in [2.05, 4.69) is 5.32 Å². The van der Waals surface area contributed by atoms with Crippen LogP contribution >= 0.6 is 0 Å². The highest BCUT2D eigenvalue weighted by atomic mass is 19.1. The van der Waals surface area contributed by atoms with E-state index < -0.39 is 6.04 Å². The van der Waals surface area contributed by atoms with Crippen LogP contribution in [0.1, 0.15) is 17.5 Å². The molecule has 6 nitrogen and oxygen atoms in total. The smallest absolute Gasteiger partial charge is 0.261 e. The minimum atomic E-state index is -0.781. The van der Waals surface area contributed by atoms with Crippen molar-refractivity contribution in [3.63, 3.8) is 0 Å². The lowest BCUT2D eigenvalue weighted by Crippen LogP contribution is -2.51. The molecule has 7 heteroatoms. The Labute approximate surface area is 205 Å². The lowest BCUT2D eigenvalue weighted by Gasteiger charge is -2.31. The number of hydrogen-bond acceptors (Lipinski definition) is 4. The molecule has 184 valence electrons. The first-order valence-corrected chi connectivity index (χ1v) is 11.6. The van der Waals surface area contributed by atoms with E-state index in [4.69, 9.17) is 9.47 Å². The molecule has 0 saturated heterocycles. The van der Waals surface area contributed by atoms with Gasteiger partial charge in [0.2, 0.25) is 5.91 Å². The molecule has 3 rings (SSSR count). The van der Waals surface area contributed by atoms with Crippen LogP contribution in [0.3, 0.4) is 0 Å². The molecule has 0 heterocycles. The third kappa shape index (κ3) is 8.54. The first-order chi connectivity index (χ1) is 17.1. The highest BCUT2D eigenvalue weighted by Crippen LogP contribution is 2.16. The Morgan fingerprint density at radius 2 is 1.57 bits per heavy atom. The summed E-state index contributed by atoms with van der Waals surface area (Å²) in [5.41, 5.74) is 1.63. The molecule has 0 aliphatic rings. The van der Waals surface area contributed by atoms with Gasteiger partial charge in [-0.2, -0.15) is 0 Å². The van der Waals surface area contributed by atoms with E-state index in [-0.39, 0.29) is 30.8 Å². The van der Waals surface area contributed by atoms with Crippen molar-refractivity contribution in [3.05, 3.63) is 102 Å². The summed E-state index contributed by atoms with van der Waals surface area (Å²) in [7, 11) is 1.61. The Bertz CT molecular complexity index is 1050. The minimum absolute atomic E-state index is 0.139. The fourth-order valence-electron chi connectivity index (χ4n) is 3.63. The van der Waals surface area contributed by atoms with Crippen LogP contribution in [0.4, 0.5) is 4.39 Å². The van der Waals surface area contributed by atoms with Crippen molar-refractivity contribution in [3.8, 4) is 5.75 Å². The zero-order valence-corrected chi connectivity index (χ0v) is 19.9. The molecular formula is C28H31FN2O4. The van der Waals surface area contributed by atoms with Crippen molar-refractivity contribution in [1.82, 2.24) is 10.2 Å². The fourth-order valence-corrected chi connectivity index (χ4v) is 3.63. The molecule has 0 unspecified atom stereocenters. The van der Waals surface area contributed by atoms with E-state index in [1.54, 1.807) is 31.4 Å². The van der Waals surface area contributed by atoms with E-state index in [1.165, 1.54) is 17.0 Å². The normalized spacial score (nSPS) is 11.5. The third-order valence-corrected chi connectivity index (χ3v) is 5.47. The van der Waals surface area contributed by atoms with Gasteiger partial charge in [-0.25, -0.2) is 4.39 Å². The summed E-state index contributed by atoms with van der Waals surface area (Å²) in [6.07, 6.45) is 0.985. The van der Waals surface area contributed by atoms with E-state index in [0.29, 0.717) is 37.3 Å². The lowest BCUT2D eigenvalue weighted by molar-refractivity contribution is -0.142. The quantitative estimate of drug-likeness (QED) is 0.377. The van der Waals surface area contributed by atoms with Gasteiger partial charge in [-0.05, 0) is 41.8 Å². The molecule has 1 N–H and O–H groups in total. The molecular weight excluding hydrogens is 447 g/mol. The number of halogens is 1. The Kier molecular flexibility index (Phi) is 10.3. The van der Waals surface area contributed by atoms with Gasteiger partial charge in [-0.3, -0.25) is 9.59 Å². The number of para-hydroxylation sites is 1. The molecule has 3 aromatic carbocycles. The lowest BCUT2D eigenvalue weighted by atomic mass is 10.0. The topological polar surface area (TPSA) is 67.9 Å². The minimum Gasteiger partial charge on any atom is -0.484 e. The second-order valence-electron chi connectivity index (χ2n) is 8.09. The van der Waals surface area contributed by atoms with Crippen LogP contribution in [-0.4, -0.2) is 49.6 Å². The Hall–Kier alpha value is -3.71. The largest absolute Gasteiger partial charge is 0.484 e. The van der Waals surface area contributed by atoms with Gasteiger partial charge in [0.15, 0.2) is 6.61 Å². The molecule has 0 spiro atoms. The van der Waals surface area contributed by atoms with Crippen LogP contribution in [0.15, 0.2) is 84.9 Å². The molecule has 0 saturated carbocycles. The number of hydrogen-bond donors (Lipinski definition) is 1. The van der Waals surface area contributed by atoms with E-state index in [1.807, 2.05) is 48.5 Å². The van der Waals surface area contributed by atoms with Gasteiger partial charge in [-0.1, -0.05) is 60.7 Å². The predicted molar refractivity (Wildman–Crippen MR) is 132 cm³/mol. The highest BCUT2D eigenvalue weighted by molar-refractivity contribution is 5.88. The van der Waals surface area contributed by atoms with Gasteiger partial charge in [0.25, 0.3) is 5.91 Å². The first kappa shape index (κ1) is 25.9.